The molecule has 106 valence electrons. The number of thiophene rings is 1. The Hall–Kier alpha value is -1.19. The summed E-state index contributed by atoms with van der Waals surface area (Å²) in [5.74, 6) is 0.790. The number of nitrogens with one attached hydrogen (secondary N) is 1. The monoisotopic (exact) mass is 286 g/mol. The average molecular weight is 286 g/mol. The molecule has 20 heavy (non-hydrogen) atoms. The van der Waals surface area contributed by atoms with E-state index in [1.54, 1.807) is 0 Å². The van der Waals surface area contributed by atoms with Crippen molar-refractivity contribution in [3.8, 4) is 0 Å². The summed E-state index contributed by atoms with van der Waals surface area (Å²) in [5, 5.41) is 5.95. The van der Waals surface area contributed by atoms with E-state index in [0.717, 1.165) is 12.5 Å². The van der Waals surface area contributed by atoms with E-state index in [1.807, 2.05) is 23.6 Å². The van der Waals surface area contributed by atoms with Crippen LogP contribution in [0.5, 0.6) is 0 Å². The fourth-order valence-electron chi connectivity index (χ4n) is 3.17. The molecule has 1 N–H and O–H groups in total. The van der Waals surface area contributed by atoms with Gasteiger partial charge in [0.2, 0.25) is 0 Å². The summed E-state index contributed by atoms with van der Waals surface area (Å²) in [6, 6.07) is 9.08. The molecule has 3 rings (SSSR count). The van der Waals surface area contributed by atoms with Gasteiger partial charge in [-0.1, -0.05) is 25.0 Å². The number of rotatable bonds is 5. The first-order valence-electron chi connectivity index (χ1n) is 7.52. The lowest BCUT2D eigenvalue weighted by atomic mass is 9.96. The summed E-state index contributed by atoms with van der Waals surface area (Å²) in [4.78, 5) is 5.98. The van der Waals surface area contributed by atoms with Gasteiger partial charge in [-0.05, 0) is 48.8 Å². The predicted molar refractivity (Wildman–Crippen MR) is 84.8 cm³/mol. The van der Waals surface area contributed by atoms with Crippen molar-refractivity contribution in [3.63, 3.8) is 0 Å². The Morgan fingerprint density at radius 2 is 2.15 bits per heavy atom. The summed E-state index contributed by atoms with van der Waals surface area (Å²) in [6.07, 6.45) is 7.38. The summed E-state index contributed by atoms with van der Waals surface area (Å²) < 4.78 is 0. The zero-order valence-electron chi connectivity index (χ0n) is 12.0. The lowest BCUT2D eigenvalue weighted by Crippen LogP contribution is -2.26. The van der Waals surface area contributed by atoms with Crippen molar-refractivity contribution in [2.75, 3.05) is 0 Å². The SMILES string of the molecule is Cc1cccnc1CNC(c1cccs1)C1CCCC1. The molecule has 0 aromatic carbocycles. The second-order valence-corrected chi connectivity index (χ2v) is 6.66. The molecule has 2 aromatic heterocycles. The number of aromatic nitrogens is 1. The third-order valence-electron chi connectivity index (χ3n) is 4.33. The molecule has 0 saturated heterocycles. The third-order valence-corrected chi connectivity index (χ3v) is 5.28. The minimum absolute atomic E-state index is 0.499. The first kappa shape index (κ1) is 13.8. The highest BCUT2D eigenvalue weighted by Gasteiger charge is 2.26. The summed E-state index contributed by atoms with van der Waals surface area (Å²) in [5.41, 5.74) is 2.45. The Morgan fingerprint density at radius 3 is 2.85 bits per heavy atom. The molecule has 1 atom stereocenters. The Kier molecular flexibility index (Phi) is 4.48. The molecule has 0 spiro atoms. The number of nitrogens with zero attached hydrogens (tertiary/aromatic N) is 1. The van der Waals surface area contributed by atoms with Gasteiger partial charge in [0.1, 0.15) is 0 Å². The molecular formula is C17H22N2S. The maximum Gasteiger partial charge on any atom is 0.0570 e. The molecule has 2 nitrogen and oxygen atoms in total. The standard InChI is InChI=1S/C17H22N2S/c1-13-6-4-10-18-15(13)12-19-17(14-7-2-3-8-14)16-9-5-11-20-16/h4-6,9-11,14,17,19H,2-3,7-8,12H2,1H3. The molecule has 0 bridgehead atoms. The summed E-state index contributed by atoms with van der Waals surface area (Å²) >= 11 is 1.87. The molecule has 0 radical (unpaired) electrons. The van der Waals surface area contributed by atoms with Gasteiger partial charge in [-0.2, -0.15) is 0 Å². The van der Waals surface area contributed by atoms with Crippen LogP contribution in [0.4, 0.5) is 0 Å². The molecule has 1 unspecified atom stereocenters. The molecule has 3 heteroatoms. The Labute approximate surface area is 125 Å². The minimum Gasteiger partial charge on any atom is -0.303 e. The molecule has 1 saturated carbocycles. The van der Waals surface area contributed by atoms with E-state index in [2.05, 4.69) is 40.8 Å². The molecule has 0 aliphatic heterocycles. The fourth-order valence-corrected chi connectivity index (χ4v) is 4.06. The van der Waals surface area contributed by atoms with Gasteiger partial charge in [-0.15, -0.1) is 11.3 Å². The van der Waals surface area contributed by atoms with Crippen molar-refractivity contribution in [1.29, 1.82) is 0 Å². The van der Waals surface area contributed by atoms with Gasteiger partial charge < -0.3 is 5.32 Å². The van der Waals surface area contributed by atoms with Crippen molar-refractivity contribution >= 4 is 11.3 Å². The van der Waals surface area contributed by atoms with Gasteiger partial charge in [0.05, 0.1) is 5.69 Å². The van der Waals surface area contributed by atoms with Crippen LogP contribution in [0.15, 0.2) is 35.8 Å². The summed E-state index contributed by atoms with van der Waals surface area (Å²) in [7, 11) is 0. The largest absolute Gasteiger partial charge is 0.303 e. The topological polar surface area (TPSA) is 24.9 Å². The van der Waals surface area contributed by atoms with Crippen LogP contribution in [-0.2, 0) is 6.54 Å². The molecule has 2 aromatic rings. The van der Waals surface area contributed by atoms with Crippen LogP contribution < -0.4 is 5.32 Å². The van der Waals surface area contributed by atoms with Crippen LogP contribution in [0.1, 0.15) is 47.9 Å². The van der Waals surface area contributed by atoms with E-state index >= 15 is 0 Å². The second kappa shape index (κ2) is 6.51. The average Bonchev–Trinajstić information content (AvgIpc) is 3.14. The number of pyridine rings is 1. The van der Waals surface area contributed by atoms with Gasteiger partial charge in [-0.25, -0.2) is 0 Å². The fraction of sp³-hybridized carbons (Fsp3) is 0.471. The van der Waals surface area contributed by atoms with Crippen LogP contribution >= 0.6 is 11.3 Å². The van der Waals surface area contributed by atoms with Gasteiger partial charge in [0.25, 0.3) is 0 Å². The first-order valence-corrected chi connectivity index (χ1v) is 8.40. The minimum atomic E-state index is 0.499. The quantitative estimate of drug-likeness (QED) is 0.877. The van der Waals surface area contributed by atoms with Gasteiger partial charge >= 0.3 is 0 Å². The van der Waals surface area contributed by atoms with E-state index < -0.39 is 0 Å². The summed E-state index contributed by atoms with van der Waals surface area (Å²) in [6.45, 7) is 3.01. The zero-order valence-corrected chi connectivity index (χ0v) is 12.8. The highest BCUT2D eigenvalue weighted by molar-refractivity contribution is 7.10. The normalized spacial score (nSPS) is 17.4. The van der Waals surface area contributed by atoms with Crippen molar-refractivity contribution in [1.82, 2.24) is 10.3 Å². The molecular weight excluding hydrogens is 264 g/mol. The lowest BCUT2D eigenvalue weighted by Gasteiger charge is -2.24. The Morgan fingerprint density at radius 1 is 1.30 bits per heavy atom. The van der Waals surface area contributed by atoms with Gasteiger partial charge in [-0.3, -0.25) is 4.98 Å². The van der Waals surface area contributed by atoms with E-state index in [9.17, 15) is 0 Å². The van der Waals surface area contributed by atoms with E-state index in [-0.39, 0.29) is 0 Å². The van der Waals surface area contributed by atoms with Crippen LogP contribution in [-0.4, -0.2) is 4.98 Å². The first-order chi connectivity index (χ1) is 9.84. The highest BCUT2D eigenvalue weighted by Crippen LogP contribution is 2.37. The molecule has 2 heterocycles. The smallest absolute Gasteiger partial charge is 0.0570 e. The number of hydrogen-bond donors (Lipinski definition) is 1. The van der Waals surface area contributed by atoms with E-state index in [0.29, 0.717) is 6.04 Å². The third kappa shape index (κ3) is 3.10. The lowest BCUT2D eigenvalue weighted by molar-refractivity contribution is 0.369. The van der Waals surface area contributed by atoms with Gasteiger partial charge in [0, 0.05) is 23.7 Å². The van der Waals surface area contributed by atoms with E-state index in [4.69, 9.17) is 0 Å². The highest BCUT2D eigenvalue weighted by atomic mass is 32.1. The van der Waals surface area contributed by atoms with Crippen LogP contribution in [0.2, 0.25) is 0 Å². The van der Waals surface area contributed by atoms with Crippen LogP contribution in [0.25, 0.3) is 0 Å². The molecule has 1 fully saturated rings. The van der Waals surface area contributed by atoms with Gasteiger partial charge in [0.15, 0.2) is 0 Å². The van der Waals surface area contributed by atoms with Crippen LogP contribution in [0, 0.1) is 12.8 Å². The second-order valence-electron chi connectivity index (χ2n) is 5.69. The maximum absolute atomic E-state index is 4.50. The molecule has 0 amide bonds. The van der Waals surface area contributed by atoms with E-state index in [1.165, 1.54) is 41.8 Å². The van der Waals surface area contributed by atoms with Crippen molar-refractivity contribution in [2.45, 2.75) is 45.2 Å². The maximum atomic E-state index is 4.50. The van der Waals surface area contributed by atoms with Crippen molar-refractivity contribution in [2.24, 2.45) is 5.92 Å². The van der Waals surface area contributed by atoms with Crippen molar-refractivity contribution < 1.29 is 0 Å². The Bertz CT molecular complexity index is 530. The molecule has 1 aliphatic carbocycles. The Balaban J connectivity index is 1.72. The zero-order chi connectivity index (χ0) is 13.8. The number of hydrogen-bond acceptors (Lipinski definition) is 3. The molecule has 1 aliphatic rings. The van der Waals surface area contributed by atoms with Crippen molar-refractivity contribution in [3.05, 3.63) is 52.0 Å². The predicted octanol–water partition coefficient (Wildman–Crippen LogP) is 4.47. The number of aryl methyl sites for hydroxylation is 1. The van der Waals surface area contributed by atoms with Crippen LogP contribution in [0.3, 0.4) is 0 Å².